The third-order valence-electron chi connectivity index (χ3n) is 4.86. The molecule has 3 rings (SSSR count). The molecular formula is C20H28N2O5. The third-order valence-corrected chi connectivity index (χ3v) is 4.86. The molecule has 7 nitrogen and oxygen atoms in total. The first-order valence-electron chi connectivity index (χ1n) is 9.43. The van der Waals surface area contributed by atoms with Crippen LogP contribution in [0.5, 0.6) is 5.75 Å². The van der Waals surface area contributed by atoms with Gasteiger partial charge in [-0.05, 0) is 63.6 Å². The number of aliphatic hydroxyl groups excluding tert-OH is 1. The van der Waals surface area contributed by atoms with Crippen molar-refractivity contribution in [3.05, 3.63) is 23.8 Å². The molecule has 0 bridgehead atoms. The Balaban J connectivity index is 1.53. The maximum Gasteiger partial charge on any atom is 0.410 e. The highest BCUT2D eigenvalue weighted by Gasteiger charge is 2.30. The Hall–Kier alpha value is -2.28. The molecule has 27 heavy (non-hydrogen) atoms. The fourth-order valence-electron chi connectivity index (χ4n) is 3.46. The monoisotopic (exact) mass is 376 g/mol. The molecule has 2 aliphatic rings. The van der Waals surface area contributed by atoms with Crippen LogP contribution in [-0.4, -0.2) is 53.4 Å². The van der Waals surface area contributed by atoms with Crippen LogP contribution in [0.3, 0.4) is 0 Å². The highest BCUT2D eigenvalue weighted by molar-refractivity contribution is 5.95. The number of carbonyl (C=O) groups is 2. The summed E-state index contributed by atoms with van der Waals surface area (Å²) in [4.78, 5) is 25.3. The van der Waals surface area contributed by atoms with Crippen LogP contribution in [0.2, 0.25) is 0 Å². The summed E-state index contributed by atoms with van der Waals surface area (Å²) in [6.07, 6.45) is 1.20. The maximum absolute atomic E-state index is 12.1. The predicted octanol–water partition coefficient (Wildman–Crippen LogP) is 2.57. The number of benzene rings is 1. The normalized spacial score (nSPS) is 19.0. The van der Waals surface area contributed by atoms with E-state index in [1.807, 2.05) is 39.0 Å². The number of nitrogens with one attached hydrogen (secondary N) is 1. The largest absolute Gasteiger partial charge is 0.482 e. The summed E-state index contributed by atoms with van der Waals surface area (Å²) in [5.74, 6) is 0.610. The number of anilines is 1. The standard InChI is InChI=1S/C20H28N2O5/c1-20(2,3)27-19(25)22-8-6-14(7-9-22)16(23)11-13-4-5-17-15(10-13)21-18(24)12-26-17/h4-5,10,14,16,23H,6-9,11-12H2,1-3H3,(H,21,24). The van der Waals surface area contributed by atoms with Crippen LogP contribution < -0.4 is 10.1 Å². The first-order chi connectivity index (χ1) is 12.7. The minimum Gasteiger partial charge on any atom is -0.482 e. The van der Waals surface area contributed by atoms with Crippen LogP contribution in [0.15, 0.2) is 18.2 Å². The number of aliphatic hydroxyl groups is 1. The van der Waals surface area contributed by atoms with E-state index in [1.165, 1.54) is 0 Å². The molecule has 1 aromatic carbocycles. The minimum atomic E-state index is -0.501. The van der Waals surface area contributed by atoms with E-state index in [4.69, 9.17) is 9.47 Å². The molecule has 0 aliphatic carbocycles. The van der Waals surface area contributed by atoms with Crippen molar-refractivity contribution in [2.75, 3.05) is 25.0 Å². The molecule has 2 N–H and O–H groups in total. The van der Waals surface area contributed by atoms with E-state index in [0.29, 0.717) is 30.9 Å². The number of carbonyl (C=O) groups excluding carboxylic acids is 2. The molecule has 148 valence electrons. The Bertz CT molecular complexity index is 705. The number of hydrogen-bond donors (Lipinski definition) is 2. The van der Waals surface area contributed by atoms with Gasteiger partial charge in [-0.3, -0.25) is 4.79 Å². The van der Waals surface area contributed by atoms with Crippen molar-refractivity contribution < 1.29 is 24.2 Å². The number of rotatable bonds is 3. The second kappa shape index (κ2) is 7.76. The number of ether oxygens (including phenoxy) is 2. The number of fused-ring (bicyclic) bond motifs is 1. The van der Waals surface area contributed by atoms with E-state index in [9.17, 15) is 14.7 Å². The van der Waals surface area contributed by atoms with Gasteiger partial charge in [0.1, 0.15) is 11.4 Å². The van der Waals surface area contributed by atoms with Gasteiger partial charge in [0.25, 0.3) is 5.91 Å². The molecular weight excluding hydrogens is 348 g/mol. The highest BCUT2D eigenvalue weighted by atomic mass is 16.6. The summed E-state index contributed by atoms with van der Waals surface area (Å²) >= 11 is 0. The van der Waals surface area contributed by atoms with Gasteiger partial charge < -0.3 is 24.8 Å². The third kappa shape index (κ3) is 5.13. The van der Waals surface area contributed by atoms with Gasteiger partial charge in [0.15, 0.2) is 6.61 Å². The van der Waals surface area contributed by atoms with E-state index < -0.39 is 11.7 Å². The number of likely N-dealkylation sites (tertiary alicyclic amines) is 1. The van der Waals surface area contributed by atoms with E-state index in [-0.39, 0.29) is 24.5 Å². The van der Waals surface area contributed by atoms with Crippen molar-refractivity contribution in [3.8, 4) is 5.75 Å². The summed E-state index contributed by atoms with van der Waals surface area (Å²) in [5, 5.41) is 13.4. The molecule has 0 saturated carbocycles. The van der Waals surface area contributed by atoms with Gasteiger partial charge in [-0.15, -0.1) is 0 Å². The van der Waals surface area contributed by atoms with Crippen molar-refractivity contribution in [2.45, 2.75) is 51.7 Å². The lowest BCUT2D eigenvalue weighted by Crippen LogP contribution is -2.43. The topological polar surface area (TPSA) is 88.1 Å². The Kier molecular flexibility index (Phi) is 5.60. The quantitative estimate of drug-likeness (QED) is 0.846. The fourth-order valence-corrected chi connectivity index (χ4v) is 3.46. The van der Waals surface area contributed by atoms with E-state index >= 15 is 0 Å². The van der Waals surface area contributed by atoms with Crippen LogP contribution in [-0.2, 0) is 16.0 Å². The number of hydrogen-bond acceptors (Lipinski definition) is 5. The first-order valence-corrected chi connectivity index (χ1v) is 9.43. The minimum absolute atomic E-state index is 0.0329. The zero-order valence-electron chi connectivity index (χ0n) is 16.2. The second-order valence-corrected chi connectivity index (χ2v) is 8.24. The van der Waals surface area contributed by atoms with Crippen molar-refractivity contribution in [1.82, 2.24) is 4.90 Å². The molecule has 1 unspecified atom stereocenters. The van der Waals surface area contributed by atoms with E-state index in [1.54, 1.807) is 4.90 Å². The average molecular weight is 376 g/mol. The van der Waals surface area contributed by atoms with Crippen LogP contribution >= 0.6 is 0 Å². The van der Waals surface area contributed by atoms with Crippen LogP contribution in [0.25, 0.3) is 0 Å². The van der Waals surface area contributed by atoms with Crippen molar-refractivity contribution in [3.63, 3.8) is 0 Å². The summed E-state index contributed by atoms with van der Waals surface area (Å²) in [5.41, 5.74) is 1.09. The summed E-state index contributed by atoms with van der Waals surface area (Å²) in [6, 6.07) is 5.59. The first kappa shape index (κ1) is 19.5. The molecule has 1 fully saturated rings. The average Bonchev–Trinajstić information content (AvgIpc) is 2.60. The summed E-state index contributed by atoms with van der Waals surface area (Å²) in [6.45, 7) is 6.77. The number of nitrogens with zero attached hydrogens (tertiary/aromatic N) is 1. The molecule has 0 aromatic heterocycles. The summed E-state index contributed by atoms with van der Waals surface area (Å²) in [7, 11) is 0. The lowest BCUT2D eigenvalue weighted by Gasteiger charge is -2.35. The Morgan fingerprint density at radius 3 is 2.74 bits per heavy atom. The predicted molar refractivity (Wildman–Crippen MR) is 101 cm³/mol. The van der Waals surface area contributed by atoms with Gasteiger partial charge in [0, 0.05) is 13.1 Å². The van der Waals surface area contributed by atoms with Crippen molar-refractivity contribution in [2.24, 2.45) is 5.92 Å². The van der Waals surface area contributed by atoms with Crippen LogP contribution in [0.4, 0.5) is 10.5 Å². The lowest BCUT2D eigenvalue weighted by molar-refractivity contribution is -0.118. The zero-order valence-corrected chi connectivity index (χ0v) is 16.2. The maximum atomic E-state index is 12.1. The lowest BCUT2D eigenvalue weighted by atomic mass is 9.88. The molecule has 2 aliphatic heterocycles. The van der Waals surface area contributed by atoms with Crippen LogP contribution in [0, 0.1) is 5.92 Å². The van der Waals surface area contributed by atoms with Gasteiger partial charge in [-0.1, -0.05) is 6.07 Å². The Labute approximate surface area is 159 Å². The van der Waals surface area contributed by atoms with Gasteiger partial charge in [0.2, 0.25) is 0 Å². The molecule has 1 saturated heterocycles. The molecule has 0 spiro atoms. The molecule has 0 radical (unpaired) electrons. The van der Waals surface area contributed by atoms with Crippen LogP contribution in [0.1, 0.15) is 39.2 Å². The Morgan fingerprint density at radius 1 is 1.37 bits per heavy atom. The molecule has 2 amide bonds. The van der Waals surface area contributed by atoms with Crippen molar-refractivity contribution >= 4 is 17.7 Å². The van der Waals surface area contributed by atoms with Gasteiger partial charge in [0.05, 0.1) is 11.8 Å². The number of amides is 2. The second-order valence-electron chi connectivity index (χ2n) is 8.24. The highest BCUT2D eigenvalue weighted by Crippen LogP contribution is 2.30. The molecule has 1 aromatic rings. The zero-order chi connectivity index (χ0) is 19.6. The van der Waals surface area contributed by atoms with Gasteiger partial charge >= 0.3 is 6.09 Å². The summed E-state index contributed by atoms with van der Waals surface area (Å²) < 4.78 is 10.8. The van der Waals surface area contributed by atoms with Crippen molar-refractivity contribution in [1.29, 1.82) is 0 Å². The van der Waals surface area contributed by atoms with Gasteiger partial charge in [-0.2, -0.15) is 0 Å². The molecule has 7 heteroatoms. The SMILES string of the molecule is CC(C)(C)OC(=O)N1CCC(C(O)Cc2ccc3c(c2)NC(=O)CO3)CC1. The Morgan fingerprint density at radius 2 is 2.07 bits per heavy atom. The van der Waals surface area contributed by atoms with E-state index in [0.717, 1.165) is 18.4 Å². The molecule has 2 heterocycles. The van der Waals surface area contributed by atoms with E-state index in [2.05, 4.69) is 5.32 Å². The number of piperidine rings is 1. The molecule has 1 atom stereocenters. The van der Waals surface area contributed by atoms with Gasteiger partial charge in [-0.25, -0.2) is 4.79 Å². The smallest absolute Gasteiger partial charge is 0.410 e. The fraction of sp³-hybridized carbons (Fsp3) is 0.600.